The van der Waals surface area contributed by atoms with Crippen molar-refractivity contribution in [1.82, 2.24) is 0 Å². The lowest BCUT2D eigenvalue weighted by molar-refractivity contribution is 0.218. The fraction of sp³-hybridized carbons (Fsp3) is 0.382. The van der Waals surface area contributed by atoms with Crippen molar-refractivity contribution in [1.29, 1.82) is 0 Å². The average Bonchev–Trinajstić information content (AvgIpc) is 3.51. The Hall–Kier alpha value is -6.00. The second-order valence-corrected chi connectivity index (χ2v) is 26.6. The largest absolute Gasteiger partial charge is 0.334 e. The van der Waals surface area contributed by atoms with Gasteiger partial charge in [0.15, 0.2) is 0 Å². The van der Waals surface area contributed by atoms with Crippen LogP contribution in [0.25, 0.3) is 11.1 Å². The van der Waals surface area contributed by atoms with Gasteiger partial charge in [0.05, 0.1) is 11.2 Å². The first-order valence-corrected chi connectivity index (χ1v) is 27.3. The van der Waals surface area contributed by atoms with Gasteiger partial charge in [0.25, 0.3) is 6.71 Å². The van der Waals surface area contributed by atoms with Crippen LogP contribution in [0.5, 0.6) is 0 Å². The van der Waals surface area contributed by atoms with Crippen LogP contribution in [0.3, 0.4) is 0 Å². The summed E-state index contributed by atoms with van der Waals surface area (Å²) in [6, 6.07) is 57.6. The average molecular weight is 948 g/mol. The molecule has 72 heavy (non-hydrogen) atoms. The highest BCUT2D eigenvalue weighted by atomic mass is 15.3. The molecule has 1 aliphatic carbocycles. The van der Waals surface area contributed by atoms with Gasteiger partial charge in [-0.2, -0.15) is 0 Å². The minimum absolute atomic E-state index is 0.00230. The number of fused-ring (bicyclic) bond motifs is 7. The first kappa shape index (κ1) is 48.3. The van der Waals surface area contributed by atoms with Gasteiger partial charge in [0.1, 0.15) is 0 Å². The summed E-state index contributed by atoms with van der Waals surface area (Å²) in [5.74, 6) is 0. The number of para-hydroxylation sites is 1. The van der Waals surface area contributed by atoms with Crippen molar-refractivity contribution in [3.05, 3.63) is 173 Å². The van der Waals surface area contributed by atoms with Gasteiger partial charge >= 0.3 is 0 Å². The van der Waals surface area contributed by atoms with Crippen LogP contribution in [0.2, 0.25) is 0 Å². The monoisotopic (exact) mass is 948 g/mol. The zero-order valence-electron chi connectivity index (χ0n) is 46.0. The van der Waals surface area contributed by atoms with Crippen molar-refractivity contribution in [3.8, 4) is 11.1 Å². The molecule has 3 heterocycles. The summed E-state index contributed by atoms with van der Waals surface area (Å²) < 4.78 is 0. The number of nitrogens with zero attached hydrogens (tertiary/aromatic N) is 3. The van der Waals surface area contributed by atoms with E-state index in [9.17, 15) is 0 Å². The summed E-state index contributed by atoms with van der Waals surface area (Å²) in [7, 11) is 0. The fourth-order valence-corrected chi connectivity index (χ4v) is 13.2. The highest BCUT2D eigenvalue weighted by molar-refractivity contribution is 7.00. The molecule has 368 valence electrons. The molecule has 0 amide bonds. The predicted octanol–water partition coefficient (Wildman–Crippen LogP) is 17.1. The topological polar surface area (TPSA) is 9.72 Å². The van der Waals surface area contributed by atoms with Crippen LogP contribution in [0.15, 0.2) is 146 Å². The summed E-state index contributed by atoms with van der Waals surface area (Å²) in [5, 5.41) is 0. The van der Waals surface area contributed by atoms with Gasteiger partial charge in [-0.3, -0.25) is 0 Å². The molecule has 3 aliphatic heterocycles. The Kier molecular flexibility index (Phi) is 11.2. The van der Waals surface area contributed by atoms with E-state index in [1.165, 1.54) is 133 Å². The summed E-state index contributed by atoms with van der Waals surface area (Å²) in [6.45, 7) is 33.5. The SMILES string of the molecule is CC(C)(C)c1cccc(N2c3cc(C(C)(C)C)ccc3B3c4ccc(C(C)(C)C)cc4N(c4ccc(C(C)(C)C)cc4-c4ccccc4)c4cc(N5c6ccccc6C6(C)CCCCCCC56C)cc2c43)c1. The number of hydrogen-bond donors (Lipinski definition) is 0. The Morgan fingerprint density at radius 2 is 0.931 bits per heavy atom. The van der Waals surface area contributed by atoms with E-state index < -0.39 is 0 Å². The maximum atomic E-state index is 2.84. The van der Waals surface area contributed by atoms with E-state index in [0.717, 1.165) is 6.42 Å². The van der Waals surface area contributed by atoms with Crippen molar-refractivity contribution in [2.24, 2.45) is 0 Å². The molecule has 0 bridgehead atoms. The standard InChI is InChI=1S/C68H78BN3/c1-63(2,3)46-27-24-28-50(39-46)70-58-41-48(65(7,8)9)31-34-54(58)69-55-35-32-49(66(10,11)12)42-59(55)71(56-36-33-47(64(4,5)6)40-52(56)45-25-18-17-19-26-45)61-44-51(43-60(70)62(61)69)72-57-30-21-20-29-53(57)67(13)37-22-15-16-23-38-68(67,72)14/h17-21,24-36,39-44H,15-16,22-23,37-38H2,1-14H3. The quantitative estimate of drug-likeness (QED) is 0.163. The summed E-state index contributed by atoms with van der Waals surface area (Å²) in [4.78, 5) is 8.22. The van der Waals surface area contributed by atoms with Crippen LogP contribution in [0, 0.1) is 0 Å². The second kappa shape index (κ2) is 16.8. The van der Waals surface area contributed by atoms with E-state index in [1.54, 1.807) is 0 Å². The van der Waals surface area contributed by atoms with Crippen molar-refractivity contribution in [2.75, 3.05) is 14.7 Å². The number of rotatable bonds is 4. The van der Waals surface area contributed by atoms with Crippen LogP contribution in [0.1, 0.15) is 163 Å². The molecule has 4 aliphatic rings. The summed E-state index contributed by atoms with van der Waals surface area (Å²) in [5.41, 5.74) is 23.1. The molecule has 3 nitrogen and oxygen atoms in total. The molecule has 0 aromatic heterocycles. The van der Waals surface area contributed by atoms with E-state index in [0.29, 0.717) is 0 Å². The van der Waals surface area contributed by atoms with Crippen molar-refractivity contribution in [3.63, 3.8) is 0 Å². The Balaban J connectivity index is 1.31. The smallest absolute Gasteiger partial charge is 0.252 e. The molecule has 1 saturated carbocycles. The zero-order chi connectivity index (χ0) is 50.9. The number of benzene rings is 7. The van der Waals surface area contributed by atoms with Crippen molar-refractivity contribution >= 4 is 68.6 Å². The van der Waals surface area contributed by atoms with Gasteiger partial charge in [-0.15, -0.1) is 0 Å². The van der Waals surface area contributed by atoms with Crippen LogP contribution >= 0.6 is 0 Å². The third kappa shape index (κ3) is 7.67. The highest BCUT2D eigenvalue weighted by Crippen LogP contribution is 2.61. The maximum Gasteiger partial charge on any atom is 0.252 e. The van der Waals surface area contributed by atoms with Gasteiger partial charge in [0, 0.05) is 50.8 Å². The third-order valence-electron chi connectivity index (χ3n) is 17.7. The fourth-order valence-electron chi connectivity index (χ4n) is 13.2. The Labute approximate surface area is 433 Å². The molecule has 4 heteroatoms. The lowest BCUT2D eigenvalue weighted by atomic mass is 9.33. The van der Waals surface area contributed by atoms with E-state index in [2.05, 4.69) is 257 Å². The van der Waals surface area contributed by atoms with Crippen LogP contribution < -0.4 is 31.1 Å². The molecule has 11 rings (SSSR count). The van der Waals surface area contributed by atoms with Crippen LogP contribution in [0.4, 0.5) is 45.5 Å². The molecular weight excluding hydrogens is 870 g/mol. The molecule has 7 aromatic rings. The lowest BCUT2D eigenvalue weighted by Gasteiger charge is -2.50. The normalized spacial score (nSPS) is 19.8. The lowest BCUT2D eigenvalue weighted by Crippen LogP contribution is -2.61. The molecule has 0 saturated heterocycles. The molecule has 1 fully saturated rings. The molecule has 2 unspecified atom stereocenters. The summed E-state index contributed by atoms with van der Waals surface area (Å²) in [6.07, 6.45) is 7.38. The second-order valence-electron chi connectivity index (χ2n) is 26.6. The molecular formula is C68H78BN3. The Morgan fingerprint density at radius 3 is 1.56 bits per heavy atom. The van der Waals surface area contributed by atoms with Gasteiger partial charge in [0.2, 0.25) is 0 Å². The molecule has 0 N–H and O–H groups in total. The van der Waals surface area contributed by atoms with Crippen LogP contribution in [-0.4, -0.2) is 12.3 Å². The van der Waals surface area contributed by atoms with E-state index in [1.807, 2.05) is 0 Å². The number of anilines is 8. The van der Waals surface area contributed by atoms with Crippen molar-refractivity contribution < 1.29 is 0 Å². The van der Waals surface area contributed by atoms with Gasteiger partial charge in [-0.25, -0.2) is 0 Å². The zero-order valence-corrected chi connectivity index (χ0v) is 46.0. The van der Waals surface area contributed by atoms with Crippen LogP contribution in [-0.2, 0) is 27.1 Å². The Morgan fingerprint density at radius 1 is 0.403 bits per heavy atom. The molecule has 0 spiro atoms. The minimum atomic E-state index is -0.152. The van der Waals surface area contributed by atoms with Gasteiger partial charge in [-0.1, -0.05) is 207 Å². The highest BCUT2D eigenvalue weighted by Gasteiger charge is 2.57. The first-order valence-electron chi connectivity index (χ1n) is 27.3. The number of hydrogen-bond acceptors (Lipinski definition) is 3. The van der Waals surface area contributed by atoms with E-state index in [4.69, 9.17) is 0 Å². The Bertz CT molecular complexity index is 3240. The minimum Gasteiger partial charge on any atom is -0.334 e. The molecule has 2 atom stereocenters. The maximum absolute atomic E-state index is 2.84. The predicted molar refractivity (Wildman–Crippen MR) is 313 cm³/mol. The van der Waals surface area contributed by atoms with Gasteiger partial charge in [-0.05, 0) is 146 Å². The van der Waals surface area contributed by atoms with E-state index in [-0.39, 0.29) is 39.3 Å². The van der Waals surface area contributed by atoms with E-state index >= 15 is 0 Å². The molecule has 0 radical (unpaired) electrons. The first-order chi connectivity index (χ1) is 34.0. The molecule has 7 aromatic carbocycles. The summed E-state index contributed by atoms with van der Waals surface area (Å²) >= 11 is 0. The third-order valence-corrected chi connectivity index (χ3v) is 17.7. The van der Waals surface area contributed by atoms with Crippen molar-refractivity contribution in [2.45, 2.75) is 168 Å². The van der Waals surface area contributed by atoms with Gasteiger partial charge < -0.3 is 14.7 Å².